The van der Waals surface area contributed by atoms with E-state index >= 15 is 0 Å². The van der Waals surface area contributed by atoms with Crippen molar-refractivity contribution < 1.29 is 14.3 Å². The first kappa shape index (κ1) is 16.9. The number of ether oxygens (including phenoxy) is 2. The van der Waals surface area contributed by atoms with E-state index in [1.807, 2.05) is 50.2 Å². The van der Waals surface area contributed by atoms with Crippen molar-refractivity contribution in [3.63, 3.8) is 0 Å². The van der Waals surface area contributed by atoms with Gasteiger partial charge in [0.15, 0.2) is 0 Å². The number of nitrogens with one attached hydrogen (secondary N) is 1. The van der Waals surface area contributed by atoms with Gasteiger partial charge in [0, 0.05) is 17.7 Å². The zero-order valence-electron chi connectivity index (χ0n) is 14.1. The predicted molar refractivity (Wildman–Crippen MR) is 92.4 cm³/mol. The van der Waals surface area contributed by atoms with Crippen LogP contribution in [0.5, 0.6) is 11.5 Å². The van der Waals surface area contributed by atoms with Gasteiger partial charge in [0.2, 0.25) is 5.91 Å². The fourth-order valence-corrected chi connectivity index (χ4v) is 2.63. The summed E-state index contributed by atoms with van der Waals surface area (Å²) in [5, 5.41) is 3.00. The lowest BCUT2D eigenvalue weighted by Crippen LogP contribution is -2.14. The minimum absolute atomic E-state index is 0.0182. The molecule has 1 amide bonds. The van der Waals surface area contributed by atoms with Crippen LogP contribution in [0.4, 0.5) is 5.69 Å². The number of rotatable bonds is 6. The zero-order chi connectivity index (χ0) is 16.8. The maximum absolute atomic E-state index is 12.3. The van der Waals surface area contributed by atoms with Gasteiger partial charge in [-0.25, -0.2) is 0 Å². The Hall–Kier alpha value is -2.49. The molecule has 0 atom stereocenters. The van der Waals surface area contributed by atoms with Crippen LogP contribution in [0.2, 0.25) is 0 Å². The lowest BCUT2D eigenvalue weighted by Gasteiger charge is -2.14. The van der Waals surface area contributed by atoms with Gasteiger partial charge >= 0.3 is 0 Å². The van der Waals surface area contributed by atoms with Crippen LogP contribution in [0, 0.1) is 13.8 Å². The van der Waals surface area contributed by atoms with E-state index in [4.69, 9.17) is 9.47 Å². The molecule has 122 valence electrons. The highest BCUT2D eigenvalue weighted by Crippen LogP contribution is 2.29. The SMILES string of the molecule is COc1cccc(OC)c1CCC(=O)Nc1c(C)cccc1C. The molecule has 0 aromatic heterocycles. The number of hydrogen-bond acceptors (Lipinski definition) is 3. The molecule has 0 spiro atoms. The maximum Gasteiger partial charge on any atom is 0.224 e. The number of amides is 1. The highest BCUT2D eigenvalue weighted by Gasteiger charge is 2.13. The normalized spacial score (nSPS) is 10.3. The number of benzene rings is 2. The average molecular weight is 313 g/mol. The van der Waals surface area contributed by atoms with E-state index in [0.29, 0.717) is 12.8 Å². The second-order valence-corrected chi connectivity index (χ2v) is 5.46. The molecule has 0 aliphatic carbocycles. The Morgan fingerprint density at radius 3 is 2.00 bits per heavy atom. The second kappa shape index (κ2) is 7.68. The number of aryl methyl sites for hydroxylation is 2. The molecule has 23 heavy (non-hydrogen) atoms. The second-order valence-electron chi connectivity index (χ2n) is 5.46. The largest absolute Gasteiger partial charge is 0.496 e. The standard InChI is InChI=1S/C19H23NO3/c1-13-7-5-8-14(2)19(13)20-18(21)12-11-15-16(22-3)9-6-10-17(15)23-4/h5-10H,11-12H2,1-4H3,(H,20,21). The Morgan fingerprint density at radius 1 is 0.957 bits per heavy atom. The van der Waals surface area contributed by atoms with Gasteiger partial charge in [0.05, 0.1) is 14.2 Å². The average Bonchev–Trinajstić information content (AvgIpc) is 2.56. The van der Waals surface area contributed by atoms with E-state index < -0.39 is 0 Å². The topological polar surface area (TPSA) is 47.6 Å². The number of methoxy groups -OCH3 is 2. The molecule has 0 saturated carbocycles. The molecule has 0 heterocycles. The molecular formula is C19H23NO3. The van der Waals surface area contributed by atoms with Crippen LogP contribution in [-0.4, -0.2) is 20.1 Å². The summed E-state index contributed by atoms with van der Waals surface area (Å²) in [4.78, 5) is 12.3. The van der Waals surface area contributed by atoms with Gasteiger partial charge in [-0.2, -0.15) is 0 Å². The van der Waals surface area contributed by atoms with Crippen LogP contribution in [-0.2, 0) is 11.2 Å². The molecule has 0 aliphatic heterocycles. The summed E-state index contributed by atoms with van der Waals surface area (Å²) in [6, 6.07) is 11.6. The van der Waals surface area contributed by atoms with Crippen molar-refractivity contribution >= 4 is 11.6 Å². The summed E-state index contributed by atoms with van der Waals surface area (Å²) in [5.74, 6) is 1.46. The molecule has 4 heteroatoms. The highest BCUT2D eigenvalue weighted by atomic mass is 16.5. The number of anilines is 1. The quantitative estimate of drug-likeness (QED) is 0.880. The summed E-state index contributed by atoms with van der Waals surface area (Å²) in [6.07, 6.45) is 0.925. The van der Waals surface area contributed by atoms with Crippen molar-refractivity contribution in [3.8, 4) is 11.5 Å². The van der Waals surface area contributed by atoms with Gasteiger partial charge in [-0.3, -0.25) is 4.79 Å². The fraction of sp³-hybridized carbons (Fsp3) is 0.316. The van der Waals surface area contributed by atoms with Gasteiger partial charge in [-0.15, -0.1) is 0 Å². The van der Waals surface area contributed by atoms with Crippen LogP contribution in [0.15, 0.2) is 36.4 Å². The molecule has 0 fully saturated rings. The highest BCUT2D eigenvalue weighted by molar-refractivity contribution is 5.92. The smallest absolute Gasteiger partial charge is 0.224 e. The van der Waals surface area contributed by atoms with Gasteiger partial charge in [-0.1, -0.05) is 24.3 Å². The number of para-hydroxylation sites is 1. The zero-order valence-corrected chi connectivity index (χ0v) is 14.1. The third kappa shape index (κ3) is 4.03. The molecule has 2 aromatic carbocycles. The summed E-state index contributed by atoms with van der Waals surface area (Å²) in [6.45, 7) is 3.98. The molecule has 1 N–H and O–H groups in total. The fourth-order valence-electron chi connectivity index (χ4n) is 2.63. The van der Waals surface area contributed by atoms with Crippen molar-refractivity contribution in [2.24, 2.45) is 0 Å². The van der Waals surface area contributed by atoms with Crippen LogP contribution in [0.1, 0.15) is 23.1 Å². The van der Waals surface area contributed by atoms with Crippen molar-refractivity contribution in [1.29, 1.82) is 0 Å². The van der Waals surface area contributed by atoms with E-state index in [1.165, 1.54) is 0 Å². The van der Waals surface area contributed by atoms with E-state index in [-0.39, 0.29) is 5.91 Å². The molecule has 0 bridgehead atoms. The van der Waals surface area contributed by atoms with Gasteiger partial charge in [0.25, 0.3) is 0 Å². The van der Waals surface area contributed by atoms with Crippen LogP contribution >= 0.6 is 0 Å². The monoisotopic (exact) mass is 313 g/mol. The Balaban J connectivity index is 2.08. The third-order valence-corrected chi connectivity index (χ3v) is 3.88. The summed E-state index contributed by atoms with van der Waals surface area (Å²) in [7, 11) is 3.24. The van der Waals surface area contributed by atoms with Crippen LogP contribution < -0.4 is 14.8 Å². The minimum atomic E-state index is -0.0182. The Kier molecular flexibility index (Phi) is 5.63. The van der Waals surface area contributed by atoms with Crippen molar-refractivity contribution in [2.75, 3.05) is 19.5 Å². The van der Waals surface area contributed by atoms with Crippen molar-refractivity contribution in [3.05, 3.63) is 53.1 Å². The van der Waals surface area contributed by atoms with E-state index in [2.05, 4.69) is 5.32 Å². The molecular weight excluding hydrogens is 290 g/mol. The van der Waals surface area contributed by atoms with Gasteiger partial charge < -0.3 is 14.8 Å². The van der Waals surface area contributed by atoms with E-state index in [9.17, 15) is 4.79 Å². The number of carbonyl (C=O) groups excluding carboxylic acids is 1. The molecule has 0 saturated heterocycles. The lowest BCUT2D eigenvalue weighted by molar-refractivity contribution is -0.116. The first-order valence-electron chi connectivity index (χ1n) is 7.62. The van der Waals surface area contributed by atoms with Gasteiger partial charge in [0.1, 0.15) is 11.5 Å². The van der Waals surface area contributed by atoms with Gasteiger partial charge in [-0.05, 0) is 43.5 Å². The predicted octanol–water partition coefficient (Wildman–Crippen LogP) is 3.89. The molecule has 0 unspecified atom stereocenters. The minimum Gasteiger partial charge on any atom is -0.496 e. The van der Waals surface area contributed by atoms with E-state index in [0.717, 1.165) is 33.9 Å². The first-order chi connectivity index (χ1) is 11.1. The molecule has 2 aromatic rings. The summed E-state index contributed by atoms with van der Waals surface area (Å²) >= 11 is 0. The Bertz CT molecular complexity index is 653. The van der Waals surface area contributed by atoms with Crippen LogP contribution in [0.25, 0.3) is 0 Å². The van der Waals surface area contributed by atoms with Crippen molar-refractivity contribution in [1.82, 2.24) is 0 Å². The summed E-state index contributed by atoms with van der Waals surface area (Å²) < 4.78 is 10.7. The maximum atomic E-state index is 12.3. The molecule has 2 rings (SSSR count). The Morgan fingerprint density at radius 2 is 1.48 bits per heavy atom. The molecule has 4 nitrogen and oxygen atoms in total. The molecule has 0 radical (unpaired) electrons. The Labute approximate surface area is 137 Å². The number of hydrogen-bond donors (Lipinski definition) is 1. The third-order valence-electron chi connectivity index (χ3n) is 3.88. The first-order valence-corrected chi connectivity index (χ1v) is 7.62. The molecule has 0 aliphatic rings. The van der Waals surface area contributed by atoms with Crippen LogP contribution in [0.3, 0.4) is 0 Å². The summed E-state index contributed by atoms with van der Waals surface area (Å²) in [5.41, 5.74) is 3.93. The number of carbonyl (C=O) groups is 1. The van der Waals surface area contributed by atoms with E-state index in [1.54, 1.807) is 14.2 Å². The van der Waals surface area contributed by atoms with Crippen molar-refractivity contribution in [2.45, 2.75) is 26.7 Å². The lowest BCUT2D eigenvalue weighted by atomic mass is 10.1.